The van der Waals surface area contributed by atoms with Gasteiger partial charge in [0.25, 0.3) is 0 Å². The van der Waals surface area contributed by atoms with Gasteiger partial charge in [0.05, 0.1) is 6.61 Å². The molecule has 0 radical (unpaired) electrons. The second-order valence-corrected chi connectivity index (χ2v) is 5.65. The number of nitrogens with one attached hydrogen (secondary N) is 1. The van der Waals surface area contributed by atoms with Gasteiger partial charge in [-0.3, -0.25) is 9.59 Å². The zero-order chi connectivity index (χ0) is 13.0. The van der Waals surface area contributed by atoms with Gasteiger partial charge in [0.2, 0.25) is 15.9 Å². The van der Waals surface area contributed by atoms with E-state index in [2.05, 4.69) is 10.1 Å². The van der Waals surface area contributed by atoms with Crippen LogP contribution in [0.3, 0.4) is 0 Å². The highest BCUT2D eigenvalue weighted by Crippen LogP contribution is 2.12. The standard InChI is InChI=1S/C8H16N2O5S/c1-4-15-6(11)5-10-7(12)8(2,3)16(9,13)14/h4-5H2,1-3H3,(H,10,12)(H2,9,13,14). The highest BCUT2D eigenvalue weighted by Gasteiger charge is 2.39. The lowest BCUT2D eigenvalue weighted by atomic mass is 10.2. The summed E-state index contributed by atoms with van der Waals surface area (Å²) in [4.78, 5) is 22.3. The predicted octanol–water partition coefficient (Wildman–Crippen LogP) is -1.27. The molecule has 0 unspecified atom stereocenters. The summed E-state index contributed by atoms with van der Waals surface area (Å²) in [5.74, 6) is -1.48. The average Bonchev–Trinajstić information content (AvgIpc) is 2.12. The summed E-state index contributed by atoms with van der Waals surface area (Å²) in [5, 5.41) is 7.02. The maximum atomic E-state index is 11.4. The first kappa shape index (κ1) is 14.8. The summed E-state index contributed by atoms with van der Waals surface area (Å²) < 4.78 is 24.9. The van der Waals surface area contributed by atoms with Crippen LogP contribution in [0.25, 0.3) is 0 Å². The van der Waals surface area contributed by atoms with E-state index in [1.54, 1.807) is 6.92 Å². The summed E-state index contributed by atoms with van der Waals surface area (Å²) in [6.45, 7) is 3.73. The van der Waals surface area contributed by atoms with Gasteiger partial charge in [-0.1, -0.05) is 0 Å². The van der Waals surface area contributed by atoms with Crippen molar-refractivity contribution in [2.45, 2.75) is 25.5 Å². The molecule has 0 rings (SSSR count). The Balaban J connectivity index is 4.44. The van der Waals surface area contributed by atoms with Crippen molar-refractivity contribution in [3.8, 4) is 0 Å². The minimum Gasteiger partial charge on any atom is -0.465 e. The van der Waals surface area contributed by atoms with Gasteiger partial charge in [-0.25, -0.2) is 13.6 Å². The van der Waals surface area contributed by atoms with Crippen molar-refractivity contribution in [1.29, 1.82) is 0 Å². The van der Waals surface area contributed by atoms with E-state index in [0.29, 0.717) is 0 Å². The summed E-state index contributed by atoms with van der Waals surface area (Å²) in [6, 6.07) is 0. The highest BCUT2D eigenvalue weighted by molar-refractivity contribution is 7.91. The molecule has 94 valence electrons. The number of carbonyl (C=O) groups is 2. The molecule has 0 bridgehead atoms. The van der Waals surface area contributed by atoms with Gasteiger partial charge in [-0.05, 0) is 20.8 Å². The fraction of sp³-hybridized carbons (Fsp3) is 0.750. The number of hydrogen-bond acceptors (Lipinski definition) is 5. The minimum atomic E-state index is -4.03. The Labute approximate surface area is 94.4 Å². The van der Waals surface area contributed by atoms with Gasteiger partial charge in [-0.2, -0.15) is 0 Å². The van der Waals surface area contributed by atoms with Gasteiger partial charge in [0, 0.05) is 0 Å². The van der Waals surface area contributed by atoms with Gasteiger partial charge in [0.1, 0.15) is 6.54 Å². The van der Waals surface area contributed by atoms with E-state index in [1.165, 1.54) is 0 Å². The van der Waals surface area contributed by atoms with Crippen LogP contribution in [-0.4, -0.2) is 38.2 Å². The van der Waals surface area contributed by atoms with Crippen molar-refractivity contribution in [3.63, 3.8) is 0 Å². The minimum absolute atomic E-state index is 0.188. The molecule has 0 saturated carbocycles. The smallest absolute Gasteiger partial charge is 0.325 e. The van der Waals surface area contributed by atoms with Crippen molar-refractivity contribution < 1.29 is 22.7 Å². The molecular weight excluding hydrogens is 236 g/mol. The van der Waals surface area contributed by atoms with Gasteiger partial charge in [0.15, 0.2) is 4.75 Å². The third kappa shape index (κ3) is 3.78. The second-order valence-electron chi connectivity index (χ2n) is 3.54. The highest BCUT2D eigenvalue weighted by atomic mass is 32.2. The first-order valence-electron chi connectivity index (χ1n) is 4.59. The van der Waals surface area contributed by atoms with E-state index in [1.807, 2.05) is 0 Å². The molecule has 0 aromatic carbocycles. The molecule has 0 atom stereocenters. The zero-order valence-corrected chi connectivity index (χ0v) is 10.3. The first-order valence-corrected chi connectivity index (χ1v) is 6.13. The number of carbonyl (C=O) groups excluding carboxylic acids is 2. The number of primary sulfonamides is 1. The zero-order valence-electron chi connectivity index (χ0n) is 9.44. The summed E-state index contributed by atoms with van der Waals surface area (Å²) >= 11 is 0. The Bertz CT molecular complexity index is 374. The number of rotatable bonds is 5. The van der Waals surface area contributed by atoms with E-state index in [4.69, 9.17) is 5.14 Å². The van der Waals surface area contributed by atoms with Crippen molar-refractivity contribution >= 4 is 21.9 Å². The molecule has 16 heavy (non-hydrogen) atoms. The lowest BCUT2D eigenvalue weighted by molar-refractivity contribution is -0.143. The largest absolute Gasteiger partial charge is 0.465 e. The molecule has 0 aliphatic heterocycles. The molecule has 0 aromatic heterocycles. The van der Waals surface area contributed by atoms with Crippen LogP contribution in [0.15, 0.2) is 0 Å². The van der Waals surface area contributed by atoms with Crippen LogP contribution in [0, 0.1) is 0 Å². The fourth-order valence-corrected chi connectivity index (χ4v) is 1.04. The van der Waals surface area contributed by atoms with Crippen LogP contribution < -0.4 is 10.5 Å². The summed E-state index contributed by atoms with van der Waals surface area (Å²) in [7, 11) is -4.03. The van der Waals surface area contributed by atoms with Crippen molar-refractivity contribution in [3.05, 3.63) is 0 Å². The van der Waals surface area contributed by atoms with Crippen LogP contribution in [0.2, 0.25) is 0 Å². The van der Waals surface area contributed by atoms with Crippen LogP contribution in [-0.2, 0) is 24.3 Å². The molecule has 0 heterocycles. The van der Waals surface area contributed by atoms with Gasteiger partial charge in [-0.15, -0.1) is 0 Å². The Kier molecular flexibility index (Phi) is 4.88. The number of hydrogen-bond donors (Lipinski definition) is 2. The third-order valence-corrected chi connectivity index (χ3v) is 3.56. The van der Waals surface area contributed by atoms with E-state index in [9.17, 15) is 18.0 Å². The van der Waals surface area contributed by atoms with E-state index in [0.717, 1.165) is 13.8 Å². The number of nitrogens with two attached hydrogens (primary N) is 1. The molecule has 0 aliphatic rings. The monoisotopic (exact) mass is 252 g/mol. The van der Waals surface area contributed by atoms with Gasteiger partial charge >= 0.3 is 5.97 Å². The van der Waals surface area contributed by atoms with Crippen molar-refractivity contribution in [2.75, 3.05) is 13.2 Å². The quantitative estimate of drug-likeness (QED) is 0.592. The van der Waals surface area contributed by atoms with Crippen LogP contribution in [0.5, 0.6) is 0 Å². The second kappa shape index (κ2) is 5.26. The van der Waals surface area contributed by atoms with Crippen LogP contribution >= 0.6 is 0 Å². The first-order chi connectivity index (χ1) is 7.13. The lowest BCUT2D eigenvalue weighted by Crippen LogP contribution is -2.51. The Hall–Kier alpha value is -1.15. The third-order valence-electron chi connectivity index (χ3n) is 1.96. The molecule has 0 spiro atoms. The molecule has 8 heteroatoms. The Morgan fingerprint density at radius 3 is 2.25 bits per heavy atom. The normalized spacial score (nSPS) is 12.0. The average molecular weight is 252 g/mol. The number of sulfonamides is 1. The maximum absolute atomic E-state index is 11.4. The Morgan fingerprint density at radius 1 is 1.38 bits per heavy atom. The molecule has 0 aromatic rings. The predicted molar refractivity (Wildman–Crippen MR) is 56.8 cm³/mol. The van der Waals surface area contributed by atoms with Gasteiger partial charge < -0.3 is 10.1 Å². The topological polar surface area (TPSA) is 116 Å². The number of ether oxygens (including phenoxy) is 1. The molecule has 0 fully saturated rings. The molecular formula is C8H16N2O5S. The Morgan fingerprint density at radius 2 is 1.88 bits per heavy atom. The van der Waals surface area contributed by atoms with E-state index in [-0.39, 0.29) is 13.2 Å². The molecule has 1 amide bonds. The summed E-state index contributed by atoms with van der Waals surface area (Å²) in [6.07, 6.45) is 0. The summed E-state index contributed by atoms with van der Waals surface area (Å²) in [5.41, 5.74) is 0. The molecule has 0 aliphatic carbocycles. The SMILES string of the molecule is CCOC(=O)CNC(=O)C(C)(C)S(N)(=O)=O. The van der Waals surface area contributed by atoms with Crippen molar-refractivity contribution in [2.24, 2.45) is 5.14 Å². The fourth-order valence-electron chi connectivity index (χ4n) is 0.707. The molecule has 7 nitrogen and oxygen atoms in total. The maximum Gasteiger partial charge on any atom is 0.325 e. The van der Waals surface area contributed by atoms with Crippen molar-refractivity contribution in [1.82, 2.24) is 5.32 Å². The molecule has 3 N–H and O–H groups in total. The number of esters is 1. The van der Waals surface area contributed by atoms with Crippen LogP contribution in [0.4, 0.5) is 0 Å². The van der Waals surface area contributed by atoms with E-state index >= 15 is 0 Å². The molecule has 0 saturated heterocycles. The van der Waals surface area contributed by atoms with E-state index < -0.39 is 26.6 Å². The van der Waals surface area contributed by atoms with Crippen LogP contribution in [0.1, 0.15) is 20.8 Å². The number of amides is 1. The lowest BCUT2D eigenvalue weighted by Gasteiger charge is -2.20.